The Morgan fingerprint density at radius 1 is 1.24 bits per heavy atom. The zero-order chi connectivity index (χ0) is 14.5. The Labute approximate surface area is 132 Å². The van der Waals surface area contributed by atoms with Gasteiger partial charge in [0.1, 0.15) is 0 Å². The molecule has 0 bridgehead atoms. The van der Waals surface area contributed by atoms with Gasteiger partial charge in [0.15, 0.2) is 5.96 Å². The Hall–Kier alpha value is -1.16. The van der Waals surface area contributed by atoms with Crippen molar-refractivity contribution in [1.29, 1.82) is 0 Å². The molecule has 0 radical (unpaired) electrons. The molecule has 3 atom stereocenters. The minimum Gasteiger partial charge on any atom is -0.356 e. The fourth-order valence-electron chi connectivity index (χ4n) is 3.05. The van der Waals surface area contributed by atoms with Gasteiger partial charge in [-0.05, 0) is 42.4 Å². The number of thioether (sulfide) groups is 1. The zero-order valence-corrected chi connectivity index (χ0v) is 13.5. The highest BCUT2D eigenvalue weighted by molar-refractivity contribution is 8.00. The van der Waals surface area contributed by atoms with E-state index in [-0.39, 0.29) is 0 Å². The van der Waals surface area contributed by atoms with E-state index in [1.54, 1.807) is 0 Å². The summed E-state index contributed by atoms with van der Waals surface area (Å²) in [4.78, 5) is 4.33. The maximum atomic E-state index is 4.33. The second-order valence-electron chi connectivity index (χ2n) is 5.98. The van der Waals surface area contributed by atoms with Gasteiger partial charge in [-0.1, -0.05) is 30.3 Å². The highest BCUT2D eigenvalue weighted by Crippen LogP contribution is 2.46. The fraction of sp³-hybridized carbons (Fsp3) is 0.588. The lowest BCUT2D eigenvalue weighted by Crippen LogP contribution is -2.41. The van der Waals surface area contributed by atoms with Crippen molar-refractivity contribution < 1.29 is 0 Å². The first kappa shape index (κ1) is 14.8. The molecule has 21 heavy (non-hydrogen) atoms. The maximum Gasteiger partial charge on any atom is 0.191 e. The van der Waals surface area contributed by atoms with Crippen LogP contribution in [0.4, 0.5) is 0 Å². The second kappa shape index (κ2) is 7.21. The normalized spacial score (nSPS) is 28.4. The van der Waals surface area contributed by atoms with Gasteiger partial charge in [0.2, 0.25) is 0 Å². The third-order valence-corrected chi connectivity index (χ3v) is 5.82. The first-order valence-corrected chi connectivity index (χ1v) is 9.02. The lowest BCUT2D eigenvalue weighted by molar-refractivity contribution is 0.698. The van der Waals surface area contributed by atoms with Gasteiger partial charge in [-0.25, -0.2) is 0 Å². The van der Waals surface area contributed by atoms with Crippen molar-refractivity contribution >= 4 is 17.7 Å². The van der Waals surface area contributed by atoms with Crippen LogP contribution >= 0.6 is 11.8 Å². The van der Waals surface area contributed by atoms with Gasteiger partial charge in [0.25, 0.3) is 0 Å². The van der Waals surface area contributed by atoms with E-state index in [1.807, 2.05) is 7.05 Å². The minimum absolute atomic E-state index is 0.738. The zero-order valence-electron chi connectivity index (χ0n) is 12.7. The molecule has 2 fully saturated rings. The number of rotatable bonds is 5. The lowest BCUT2D eigenvalue weighted by Gasteiger charge is -2.14. The molecule has 1 aliphatic carbocycles. The summed E-state index contributed by atoms with van der Waals surface area (Å²) < 4.78 is 0. The van der Waals surface area contributed by atoms with Crippen molar-refractivity contribution in [2.24, 2.45) is 10.9 Å². The Morgan fingerprint density at radius 3 is 2.76 bits per heavy atom. The molecule has 1 aromatic rings. The van der Waals surface area contributed by atoms with Gasteiger partial charge >= 0.3 is 0 Å². The molecule has 3 nitrogen and oxygen atoms in total. The summed E-state index contributed by atoms with van der Waals surface area (Å²) in [5, 5.41) is 7.72. The first-order valence-electron chi connectivity index (χ1n) is 7.98. The van der Waals surface area contributed by atoms with Crippen LogP contribution in [0.2, 0.25) is 0 Å². The molecule has 4 heteroatoms. The van der Waals surface area contributed by atoms with E-state index in [9.17, 15) is 0 Å². The van der Waals surface area contributed by atoms with Crippen LogP contribution in [0.25, 0.3) is 0 Å². The smallest absolute Gasteiger partial charge is 0.191 e. The summed E-state index contributed by atoms with van der Waals surface area (Å²) in [7, 11) is 1.86. The number of nitrogens with one attached hydrogen (secondary N) is 2. The number of aliphatic imine (C=N–C) groups is 1. The van der Waals surface area contributed by atoms with Crippen LogP contribution < -0.4 is 10.6 Å². The molecule has 0 spiro atoms. The van der Waals surface area contributed by atoms with Crippen molar-refractivity contribution in [3.05, 3.63) is 35.9 Å². The standard InChI is InChI=1S/C17H25N3S/c1-18-17(20-12-15-8-5-9-21-15)19-11-14-10-16(14)13-6-3-2-4-7-13/h2-4,6-7,14-16H,5,8-12H2,1H3,(H2,18,19,20). The van der Waals surface area contributed by atoms with Crippen LogP contribution in [0.3, 0.4) is 0 Å². The van der Waals surface area contributed by atoms with Crippen molar-refractivity contribution in [3.8, 4) is 0 Å². The fourth-order valence-corrected chi connectivity index (χ4v) is 4.25. The average Bonchev–Trinajstić information content (AvgIpc) is 3.12. The largest absolute Gasteiger partial charge is 0.356 e. The van der Waals surface area contributed by atoms with Gasteiger partial charge in [0, 0.05) is 25.4 Å². The van der Waals surface area contributed by atoms with E-state index in [1.165, 1.54) is 30.6 Å². The Bertz CT molecular complexity index is 468. The highest BCUT2D eigenvalue weighted by atomic mass is 32.2. The Balaban J connectivity index is 1.38. The van der Waals surface area contributed by atoms with Gasteiger partial charge in [-0.15, -0.1) is 0 Å². The predicted molar refractivity (Wildman–Crippen MR) is 92.1 cm³/mol. The average molecular weight is 303 g/mol. The third-order valence-electron chi connectivity index (χ3n) is 4.43. The van der Waals surface area contributed by atoms with Gasteiger partial charge in [0.05, 0.1) is 0 Å². The predicted octanol–water partition coefficient (Wildman–Crippen LogP) is 2.85. The molecular weight excluding hydrogens is 278 g/mol. The molecule has 1 saturated carbocycles. The van der Waals surface area contributed by atoms with Crippen LogP contribution in [0, 0.1) is 5.92 Å². The highest BCUT2D eigenvalue weighted by Gasteiger charge is 2.37. The maximum absolute atomic E-state index is 4.33. The second-order valence-corrected chi connectivity index (χ2v) is 7.39. The molecule has 2 aliphatic rings. The molecule has 3 rings (SSSR count). The van der Waals surface area contributed by atoms with Crippen LogP contribution in [-0.2, 0) is 0 Å². The van der Waals surface area contributed by atoms with Crippen molar-refractivity contribution in [3.63, 3.8) is 0 Å². The summed E-state index contributed by atoms with van der Waals surface area (Å²) in [5.41, 5.74) is 1.48. The number of benzene rings is 1. The van der Waals surface area contributed by atoms with Gasteiger partial charge in [-0.2, -0.15) is 11.8 Å². The first-order chi connectivity index (χ1) is 10.4. The molecule has 0 aromatic heterocycles. The molecule has 3 unspecified atom stereocenters. The minimum atomic E-state index is 0.738. The van der Waals surface area contributed by atoms with Gasteiger partial charge < -0.3 is 10.6 Å². The molecule has 2 N–H and O–H groups in total. The molecule has 0 amide bonds. The van der Waals surface area contributed by atoms with Crippen LogP contribution in [0.15, 0.2) is 35.3 Å². The summed E-state index contributed by atoms with van der Waals surface area (Å²) in [6.45, 7) is 2.06. The molecule has 114 valence electrons. The SMILES string of the molecule is CN=C(NCC1CCCS1)NCC1CC1c1ccccc1. The summed E-state index contributed by atoms with van der Waals surface area (Å²) in [6.07, 6.45) is 4.00. The van der Waals surface area contributed by atoms with Crippen molar-refractivity contribution in [2.45, 2.75) is 30.4 Å². The van der Waals surface area contributed by atoms with E-state index >= 15 is 0 Å². The Kier molecular flexibility index (Phi) is 5.07. The van der Waals surface area contributed by atoms with E-state index in [0.717, 1.165) is 36.1 Å². The molecule has 1 saturated heterocycles. The van der Waals surface area contributed by atoms with E-state index < -0.39 is 0 Å². The number of guanidine groups is 1. The van der Waals surface area contributed by atoms with Crippen LogP contribution in [0.5, 0.6) is 0 Å². The summed E-state index contributed by atoms with van der Waals surface area (Å²) in [5.74, 6) is 3.77. The monoisotopic (exact) mass is 303 g/mol. The molecule has 1 aliphatic heterocycles. The van der Waals surface area contributed by atoms with Crippen LogP contribution in [0.1, 0.15) is 30.7 Å². The van der Waals surface area contributed by atoms with Gasteiger partial charge in [-0.3, -0.25) is 4.99 Å². The third kappa shape index (κ3) is 4.16. The van der Waals surface area contributed by atoms with Crippen molar-refractivity contribution in [2.75, 3.05) is 25.9 Å². The number of hydrogen-bond acceptors (Lipinski definition) is 2. The lowest BCUT2D eigenvalue weighted by atomic mass is 10.1. The number of hydrogen-bond donors (Lipinski definition) is 2. The molecular formula is C17H25N3S. The topological polar surface area (TPSA) is 36.4 Å². The summed E-state index contributed by atoms with van der Waals surface area (Å²) in [6, 6.07) is 10.9. The summed E-state index contributed by atoms with van der Waals surface area (Å²) >= 11 is 2.08. The quantitative estimate of drug-likeness (QED) is 0.649. The van der Waals surface area contributed by atoms with E-state index in [2.05, 4.69) is 57.7 Å². The molecule has 1 aromatic carbocycles. The van der Waals surface area contributed by atoms with E-state index in [0.29, 0.717) is 0 Å². The van der Waals surface area contributed by atoms with Crippen molar-refractivity contribution in [1.82, 2.24) is 10.6 Å². The van der Waals surface area contributed by atoms with E-state index in [4.69, 9.17) is 0 Å². The Morgan fingerprint density at radius 2 is 2.05 bits per heavy atom. The van der Waals surface area contributed by atoms with Crippen LogP contribution in [-0.4, -0.2) is 37.1 Å². The molecule has 1 heterocycles. The number of nitrogens with zero attached hydrogens (tertiary/aromatic N) is 1.